The van der Waals surface area contributed by atoms with Crippen molar-refractivity contribution >= 4 is 49.6 Å². The van der Waals surface area contributed by atoms with Crippen LogP contribution in [0.3, 0.4) is 0 Å². The summed E-state index contributed by atoms with van der Waals surface area (Å²) in [7, 11) is 0. The largest absolute Gasteiger partial charge is 0.310 e. The Morgan fingerprint density at radius 2 is 0.773 bits per heavy atom. The molecule has 1 heterocycles. The van der Waals surface area contributed by atoms with Gasteiger partial charge in [0.25, 0.3) is 0 Å². The lowest BCUT2D eigenvalue weighted by Gasteiger charge is -2.30. The van der Waals surface area contributed by atoms with Gasteiger partial charge in [-0.3, -0.25) is 0 Å². The second kappa shape index (κ2) is 16.8. The van der Waals surface area contributed by atoms with Crippen LogP contribution in [0.2, 0.25) is 0 Å². The molecule has 0 unspecified atom stereocenters. The Bertz CT molecular complexity index is 3700. The monoisotopic (exact) mass is 840 g/mol. The first-order valence-electron chi connectivity index (χ1n) is 22.7. The normalized spacial score (nSPS) is 11.3. The molecule has 0 radical (unpaired) electrons. The number of para-hydroxylation sites is 2. The second-order valence-electron chi connectivity index (χ2n) is 16.9. The average molecular weight is 841 g/mol. The molecule has 0 bridgehead atoms. The van der Waals surface area contributed by atoms with Crippen molar-refractivity contribution in [2.75, 3.05) is 4.90 Å². The Balaban J connectivity index is 1.10. The van der Waals surface area contributed by atoms with Crippen molar-refractivity contribution in [3.8, 4) is 61.3 Å². The maximum Gasteiger partial charge on any atom is 0.0547 e. The van der Waals surface area contributed by atoms with Gasteiger partial charge in [0.2, 0.25) is 0 Å². The molecule has 1 aromatic heterocycles. The van der Waals surface area contributed by atoms with Gasteiger partial charge in [0.15, 0.2) is 0 Å². The standard InChI is InChI=1S/C64H44N2/c1-4-20-46(21-5-1)56-31-12-13-33-60(56)64-57(47-22-6-2-7-23-47)34-18-36-62(64)65(54-29-16-25-49(42-54)51-38-37-45-19-10-11-24-48(45)41-51)55-30-17-26-50(43-55)52-39-40-59-58-32-14-15-35-61(58)66(63(59)44-52)53-27-8-3-9-28-53/h1-44H. The molecule has 0 saturated carbocycles. The molecular weight excluding hydrogens is 797 g/mol. The van der Waals surface area contributed by atoms with Crippen molar-refractivity contribution in [3.05, 3.63) is 267 Å². The van der Waals surface area contributed by atoms with E-state index in [0.717, 1.165) is 45.0 Å². The van der Waals surface area contributed by atoms with Gasteiger partial charge in [-0.15, -0.1) is 0 Å². The van der Waals surface area contributed by atoms with Gasteiger partial charge in [0, 0.05) is 33.4 Å². The van der Waals surface area contributed by atoms with Crippen LogP contribution in [0, 0.1) is 0 Å². The first-order valence-corrected chi connectivity index (χ1v) is 22.7. The summed E-state index contributed by atoms with van der Waals surface area (Å²) >= 11 is 0. The number of benzene rings is 11. The number of nitrogens with zero attached hydrogens (tertiary/aromatic N) is 2. The highest BCUT2D eigenvalue weighted by atomic mass is 15.1. The first-order chi connectivity index (χ1) is 32.7. The Kier molecular flexibility index (Phi) is 9.89. The van der Waals surface area contributed by atoms with Crippen LogP contribution in [0.15, 0.2) is 267 Å². The van der Waals surface area contributed by atoms with Crippen LogP contribution in [-0.4, -0.2) is 4.57 Å². The molecule has 0 aliphatic rings. The number of hydrogen-bond acceptors (Lipinski definition) is 1. The molecule has 66 heavy (non-hydrogen) atoms. The lowest BCUT2D eigenvalue weighted by Crippen LogP contribution is -2.12. The molecule has 12 aromatic rings. The molecule has 0 N–H and O–H groups in total. The van der Waals surface area contributed by atoms with E-state index in [2.05, 4.69) is 276 Å². The summed E-state index contributed by atoms with van der Waals surface area (Å²) in [6.07, 6.45) is 0. The van der Waals surface area contributed by atoms with Crippen LogP contribution < -0.4 is 4.90 Å². The minimum Gasteiger partial charge on any atom is -0.310 e. The average Bonchev–Trinajstić information content (AvgIpc) is 3.73. The van der Waals surface area contributed by atoms with Gasteiger partial charge in [-0.2, -0.15) is 0 Å². The highest BCUT2D eigenvalue weighted by Gasteiger charge is 2.24. The molecule has 0 aliphatic heterocycles. The number of rotatable bonds is 9. The highest BCUT2D eigenvalue weighted by Crippen LogP contribution is 2.49. The van der Waals surface area contributed by atoms with Crippen LogP contribution in [0.4, 0.5) is 17.1 Å². The zero-order valence-electron chi connectivity index (χ0n) is 36.3. The molecule has 0 atom stereocenters. The highest BCUT2D eigenvalue weighted by molar-refractivity contribution is 6.10. The number of anilines is 3. The minimum atomic E-state index is 1.07. The third-order valence-corrected chi connectivity index (χ3v) is 13.0. The van der Waals surface area contributed by atoms with E-state index in [9.17, 15) is 0 Å². The van der Waals surface area contributed by atoms with Gasteiger partial charge in [-0.1, -0.05) is 206 Å². The zero-order chi connectivity index (χ0) is 43.8. The van der Waals surface area contributed by atoms with Gasteiger partial charge in [-0.05, 0) is 122 Å². The summed E-state index contributed by atoms with van der Waals surface area (Å²) in [4.78, 5) is 2.47. The maximum absolute atomic E-state index is 2.47. The van der Waals surface area contributed by atoms with Crippen LogP contribution in [0.1, 0.15) is 0 Å². The topological polar surface area (TPSA) is 8.17 Å². The van der Waals surface area contributed by atoms with E-state index in [0.29, 0.717) is 0 Å². The van der Waals surface area contributed by atoms with Crippen LogP contribution in [-0.2, 0) is 0 Å². The maximum atomic E-state index is 2.47. The molecule has 11 aromatic carbocycles. The van der Waals surface area contributed by atoms with E-state index in [4.69, 9.17) is 0 Å². The number of fused-ring (bicyclic) bond motifs is 4. The summed E-state index contributed by atoms with van der Waals surface area (Å²) < 4.78 is 2.40. The van der Waals surface area contributed by atoms with Crippen molar-refractivity contribution in [2.45, 2.75) is 0 Å². The van der Waals surface area contributed by atoms with E-state index in [-0.39, 0.29) is 0 Å². The first kappa shape index (κ1) is 38.9. The van der Waals surface area contributed by atoms with Gasteiger partial charge < -0.3 is 9.47 Å². The predicted molar refractivity (Wildman–Crippen MR) is 280 cm³/mol. The van der Waals surface area contributed by atoms with Gasteiger partial charge in [0.05, 0.1) is 16.7 Å². The molecule has 2 nitrogen and oxygen atoms in total. The van der Waals surface area contributed by atoms with Crippen molar-refractivity contribution in [2.24, 2.45) is 0 Å². The van der Waals surface area contributed by atoms with E-state index in [1.165, 1.54) is 66.0 Å². The number of hydrogen-bond donors (Lipinski definition) is 0. The van der Waals surface area contributed by atoms with Crippen LogP contribution in [0.5, 0.6) is 0 Å². The minimum absolute atomic E-state index is 1.07. The van der Waals surface area contributed by atoms with Crippen molar-refractivity contribution in [3.63, 3.8) is 0 Å². The van der Waals surface area contributed by atoms with Gasteiger partial charge in [-0.25, -0.2) is 0 Å². The SMILES string of the molecule is c1ccc(-c2ccccc2-c2c(-c3ccccc3)cccc2N(c2cccc(-c3ccc4ccccc4c3)c2)c2cccc(-c3ccc4c5ccccc5n(-c5ccccc5)c4c3)c2)cc1. The summed E-state index contributed by atoms with van der Waals surface area (Å²) in [5, 5.41) is 4.94. The summed E-state index contributed by atoms with van der Waals surface area (Å²) in [5.41, 5.74) is 18.4. The van der Waals surface area contributed by atoms with Gasteiger partial charge in [0.1, 0.15) is 0 Å². The Hall–Kier alpha value is -8.72. The molecular formula is C64H44N2. The van der Waals surface area contributed by atoms with E-state index in [1.807, 2.05) is 0 Å². The molecule has 0 spiro atoms. The lowest BCUT2D eigenvalue weighted by molar-refractivity contribution is 1.18. The number of aromatic nitrogens is 1. The Labute approximate surface area is 385 Å². The van der Waals surface area contributed by atoms with Crippen LogP contribution >= 0.6 is 0 Å². The molecule has 0 aliphatic carbocycles. The second-order valence-corrected chi connectivity index (χ2v) is 16.9. The molecule has 2 heteroatoms. The zero-order valence-corrected chi connectivity index (χ0v) is 36.3. The fourth-order valence-corrected chi connectivity index (χ4v) is 9.89. The smallest absolute Gasteiger partial charge is 0.0547 e. The Morgan fingerprint density at radius 1 is 0.273 bits per heavy atom. The molecule has 12 rings (SSSR count). The van der Waals surface area contributed by atoms with Crippen molar-refractivity contribution < 1.29 is 0 Å². The molecule has 310 valence electrons. The lowest BCUT2D eigenvalue weighted by atomic mass is 9.87. The molecule has 0 saturated heterocycles. The third kappa shape index (κ3) is 7.02. The van der Waals surface area contributed by atoms with Crippen LogP contribution in [0.25, 0.3) is 93.9 Å². The Morgan fingerprint density at radius 3 is 1.50 bits per heavy atom. The summed E-state index contributed by atoms with van der Waals surface area (Å²) in [6, 6.07) is 97.1. The quantitative estimate of drug-likeness (QED) is 0.141. The van der Waals surface area contributed by atoms with Crippen molar-refractivity contribution in [1.82, 2.24) is 4.57 Å². The van der Waals surface area contributed by atoms with Gasteiger partial charge >= 0.3 is 0 Å². The summed E-state index contributed by atoms with van der Waals surface area (Å²) in [5.74, 6) is 0. The molecule has 0 fully saturated rings. The predicted octanol–water partition coefficient (Wildman–Crippen LogP) is 17.7. The fourth-order valence-electron chi connectivity index (χ4n) is 9.89. The van der Waals surface area contributed by atoms with E-state index < -0.39 is 0 Å². The van der Waals surface area contributed by atoms with Crippen molar-refractivity contribution in [1.29, 1.82) is 0 Å². The van der Waals surface area contributed by atoms with E-state index in [1.54, 1.807) is 0 Å². The fraction of sp³-hybridized carbons (Fsp3) is 0. The molecule has 0 amide bonds. The third-order valence-electron chi connectivity index (χ3n) is 13.0. The summed E-state index contributed by atoms with van der Waals surface area (Å²) in [6.45, 7) is 0. The van der Waals surface area contributed by atoms with E-state index >= 15 is 0 Å².